The summed E-state index contributed by atoms with van der Waals surface area (Å²) in [5.41, 5.74) is -0.0683. The highest BCUT2D eigenvalue weighted by Gasteiger charge is 2.24. The van der Waals surface area contributed by atoms with E-state index in [-0.39, 0.29) is 22.3 Å². The van der Waals surface area contributed by atoms with E-state index in [0.29, 0.717) is 10.6 Å². The van der Waals surface area contributed by atoms with Gasteiger partial charge >= 0.3 is 5.69 Å². The first kappa shape index (κ1) is 14.8. The highest BCUT2D eigenvalue weighted by Crippen LogP contribution is 2.30. The van der Waals surface area contributed by atoms with Crippen molar-refractivity contribution >= 4 is 35.0 Å². The summed E-state index contributed by atoms with van der Waals surface area (Å²) in [7, 11) is 0. The lowest BCUT2D eigenvalue weighted by Crippen LogP contribution is -2.39. The molecule has 1 N–H and O–H groups in total. The highest BCUT2D eigenvalue weighted by atomic mass is 35.5. The van der Waals surface area contributed by atoms with Gasteiger partial charge in [0.2, 0.25) is 0 Å². The molecule has 1 saturated heterocycles. The Morgan fingerprint density at radius 2 is 2.00 bits per heavy atom. The number of hydrogen-bond acceptors (Lipinski definition) is 3. The standard InChI is InChI=1S/C14H12Cl2N2O2S/c15-10-4-2-1-3-9(10)11-12(16)17-14(20)18(13(11)19)8-5-6-21-7-8/h1-4,8H,5-7H2,(H,17,20). The number of benzene rings is 1. The minimum absolute atomic E-state index is 0.0278. The molecule has 1 unspecified atom stereocenters. The van der Waals surface area contributed by atoms with Crippen molar-refractivity contribution in [1.82, 2.24) is 9.55 Å². The number of aromatic amines is 1. The molecule has 0 radical (unpaired) electrons. The van der Waals surface area contributed by atoms with E-state index in [4.69, 9.17) is 23.2 Å². The summed E-state index contributed by atoms with van der Waals surface area (Å²) in [5.74, 6) is 1.70. The molecule has 3 rings (SSSR count). The first-order chi connectivity index (χ1) is 10.1. The minimum Gasteiger partial charge on any atom is -0.297 e. The van der Waals surface area contributed by atoms with Crippen LogP contribution in [-0.4, -0.2) is 21.1 Å². The molecular weight excluding hydrogens is 331 g/mol. The molecule has 1 fully saturated rings. The van der Waals surface area contributed by atoms with Crippen LogP contribution in [0, 0.1) is 0 Å². The van der Waals surface area contributed by atoms with Crippen molar-refractivity contribution in [2.24, 2.45) is 0 Å². The summed E-state index contributed by atoms with van der Waals surface area (Å²) in [6, 6.07) is 6.87. The molecule has 7 heteroatoms. The van der Waals surface area contributed by atoms with E-state index >= 15 is 0 Å². The van der Waals surface area contributed by atoms with Gasteiger partial charge in [0.05, 0.1) is 11.6 Å². The van der Waals surface area contributed by atoms with Crippen molar-refractivity contribution < 1.29 is 0 Å². The third-order valence-electron chi connectivity index (χ3n) is 3.50. The van der Waals surface area contributed by atoms with Crippen LogP contribution in [0.2, 0.25) is 10.2 Å². The molecule has 21 heavy (non-hydrogen) atoms. The van der Waals surface area contributed by atoms with Crippen molar-refractivity contribution in [3.05, 3.63) is 55.3 Å². The Bertz CT molecular complexity index is 794. The maximum absolute atomic E-state index is 12.7. The van der Waals surface area contributed by atoms with Crippen molar-refractivity contribution in [3.63, 3.8) is 0 Å². The van der Waals surface area contributed by atoms with Crippen molar-refractivity contribution in [3.8, 4) is 11.1 Å². The summed E-state index contributed by atoms with van der Waals surface area (Å²) in [5, 5.41) is 0.455. The van der Waals surface area contributed by atoms with Gasteiger partial charge in [-0.25, -0.2) is 4.79 Å². The maximum atomic E-state index is 12.7. The van der Waals surface area contributed by atoms with E-state index in [9.17, 15) is 9.59 Å². The number of rotatable bonds is 2. The highest BCUT2D eigenvalue weighted by molar-refractivity contribution is 7.99. The van der Waals surface area contributed by atoms with Gasteiger partial charge in [-0.05, 0) is 18.2 Å². The molecule has 110 valence electrons. The summed E-state index contributed by atoms with van der Waals surface area (Å²) in [4.78, 5) is 27.4. The number of aromatic nitrogens is 2. The molecule has 2 aromatic rings. The summed E-state index contributed by atoms with van der Waals surface area (Å²) in [6.07, 6.45) is 0.803. The van der Waals surface area contributed by atoms with Crippen molar-refractivity contribution in [2.75, 3.05) is 11.5 Å². The first-order valence-electron chi connectivity index (χ1n) is 6.46. The lowest BCUT2D eigenvalue weighted by Gasteiger charge is -2.14. The van der Waals surface area contributed by atoms with Crippen LogP contribution in [0.3, 0.4) is 0 Å². The molecule has 0 spiro atoms. The van der Waals surface area contributed by atoms with Gasteiger partial charge < -0.3 is 0 Å². The van der Waals surface area contributed by atoms with Gasteiger partial charge in [0.1, 0.15) is 5.15 Å². The molecule has 2 heterocycles. The van der Waals surface area contributed by atoms with E-state index in [1.165, 1.54) is 4.57 Å². The number of nitrogens with one attached hydrogen (secondary N) is 1. The number of halogens is 2. The van der Waals surface area contributed by atoms with Crippen molar-refractivity contribution in [2.45, 2.75) is 12.5 Å². The summed E-state index contributed by atoms with van der Waals surface area (Å²) >= 11 is 14.0. The second kappa shape index (κ2) is 5.91. The minimum atomic E-state index is -0.465. The Kier molecular flexibility index (Phi) is 4.15. The second-order valence-electron chi connectivity index (χ2n) is 4.79. The quantitative estimate of drug-likeness (QED) is 0.852. The topological polar surface area (TPSA) is 54.9 Å². The van der Waals surface area contributed by atoms with Crippen LogP contribution in [0.25, 0.3) is 11.1 Å². The Labute approximate surface area is 135 Å². The third kappa shape index (κ3) is 2.65. The number of nitrogens with zero attached hydrogens (tertiary/aromatic N) is 1. The lowest BCUT2D eigenvalue weighted by atomic mass is 10.1. The second-order valence-corrected chi connectivity index (χ2v) is 6.73. The van der Waals surface area contributed by atoms with Crippen LogP contribution < -0.4 is 11.2 Å². The fourth-order valence-corrected chi connectivity index (χ4v) is 4.16. The maximum Gasteiger partial charge on any atom is 0.329 e. The molecule has 0 amide bonds. The molecule has 0 aliphatic carbocycles. The van der Waals surface area contributed by atoms with Gasteiger partial charge in [0.15, 0.2) is 0 Å². The molecule has 1 atom stereocenters. The van der Waals surface area contributed by atoms with Crippen LogP contribution in [0.4, 0.5) is 0 Å². The molecule has 4 nitrogen and oxygen atoms in total. The predicted octanol–water partition coefficient (Wildman–Crippen LogP) is 3.19. The Hall–Kier alpha value is -1.17. The molecular formula is C14H12Cl2N2O2S. The molecule has 1 aliphatic heterocycles. The fourth-order valence-electron chi connectivity index (χ4n) is 2.48. The van der Waals surface area contributed by atoms with Gasteiger partial charge in [-0.3, -0.25) is 14.3 Å². The van der Waals surface area contributed by atoms with Gasteiger partial charge in [-0.15, -0.1) is 0 Å². The van der Waals surface area contributed by atoms with Crippen LogP contribution >= 0.6 is 35.0 Å². The zero-order chi connectivity index (χ0) is 15.0. The van der Waals surface area contributed by atoms with Crippen LogP contribution in [0.15, 0.2) is 33.9 Å². The van der Waals surface area contributed by atoms with E-state index in [1.807, 2.05) is 0 Å². The van der Waals surface area contributed by atoms with Gasteiger partial charge in [-0.1, -0.05) is 41.4 Å². The van der Waals surface area contributed by atoms with E-state index in [0.717, 1.165) is 17.9 Å². The molecule has 0 saturated carbocycles. The number of hydrogen-bond donors (Lipinski definition) is 1. The van der Waals surface area contributed by atoms with E-state index in [2.05, 4.69) is 4.98 Å². The number of H-pyrrole nitrogens is 1. The summed E-state index contributed by atoms with van der Waals surface area (Å²) in [6.45, 7) is 0. The zero-order valence-corrected chi connectivity index (χ0v) is 13.3. The summed E-state index contributed by atoms with van der Waals surface area (Å²) < 4.78 is 1.27. The lowest BCUT2D eigenvalue weighted by molar-refractivity contribution is 0.515. The monoisotopic (exact) mass is 342 g/mol. The average Bonchev–Trinajstić information content (AvgIpc) is 2.94. The van der Waals surface area contributed by atoms with E-state index in [1.54, 1.807) is 36.0 Å². The Balaban J connectivity index is 2.27. The molecule has 1 aromatic carbocycles. The predicted molar refractivity (Wildman–Crippen MR) is 87.8 cm³/mol. The van der Waals surface area contributed by atoms with Gasteiger partial charge in [0, 0.05) is 16.3 Å². The molecule has 1 aromatic heterocycles. The van der Waals surface area contributed by atoms with E-state index < -0.39 is 5.69 Å². The largest absolute Gasteiger partial charge is 0.329 e. The van der Waals surface area contributed by atoms with Crippen LogP contribution in [0.5, 0.6) is 0 Å². The zero-order valence-electron chi connectivity index (χ0n) is 10.9. The SMILES string of the molecule is O=c1[nH]c(Cl)c(-c2ccccc2Cl)c(=O)n1C1CCSC1. The average molecular weight is 343 g/mol. The smallest absolute Gasteiger partial charge is 0.297 e. The number of thioether (sulfide) groups is 1. The molecule has 0 bridgehead atoms. The van der Waals surface area contributed by atoms with Gasteiger partial charge in [-0.2, -0.15) is 11.8 Å². The van der Waals surface area contributed by atoms with Crippen LogP contribution in [0.1, 0.15) is 12.5 Å². The fraction of sp³-hybridized carbons (Fsp3) is 0.286. The Morgan fingerprint density at radius 3 is 2.67 bits per heavy atom. The van der Waals surface area contributed by atoms with Crippen molar-refractivity contribution in [1.29, 1.82) is 0 Å². The van der Waals surface area contributed by atoms with Gasteiger partial charge in [0.25, 0.3) is 5.56 Å². The third-order valence-corrected chi connectivity index (χ3v) is 5.26. The van der Waals surface area contributed by atoms with Crippen LogP contribution in [-0.2, 0) is 0 Å². The Morgan fingerprint density at radius 1 is 1.24 bits per heavy atom. The molecule has 1 aliphatic rings. The first-order valence-corrected chi connectivity index (χ1v) is 8.37. The normalized spacial score (nSPS) is 18.1.